The lowest BCUT2D eigenvalue weighted by Crippen LogP contribution is -2.36. The number of aliphatic hydroxyl groups excluding tert-OH is 1. The smallest absolute Gasteiger partial charge is 0.224 e. The molecule has 2 atom stereocenters. The Labute approximate surface area is 99.3 Å². The van der Waals surface area contributed by atoms with E-state index >= 15 is 0 Å². The summed E-state index contributed by atoms with van der Waals surface area (Å²) < 4.78 is 0. The molecule has 0 aromatic carbocycles. The van der Waals surface area contributed by atoms with Crippen molar-refractivity contribution in [3.8, 4) is 0 Å². The zero-order chi connectivity index (χ0) is 11.7. The van der Waals surface area contributed by atoms with Crippen LogP contribution >= 0.6 is 11.6 Å². The quantitative estimate of drug-likeness (QED) is 0.755. The van der Waals surface area contributed by atoms with Crippen molar-refractivity contribution in [3.63, 3.8) is 0 Å². The van der Waals surface area contributed by atoms with Crippen LogP contribution < -0.4 is 10.6 Å². The number of nitrogen functional groups attached to an aromatic ring is 1. The molecule has 0 aliphatic carbocycles. The standard InChI is InChI=1S/C10H15ClN4O/c1-6-2-3-15(8(6)5-16)9-7(12)4-13-10(11)14-9/h4,6,8,16H,2-3,5,12H2,1H3. The molecule has 2 unspecified atom stereocenters. The van der Waals surface area contributed by atoms with Crippen LogP contribution in [0.25, 0.3) is 0 Å². The molecule has 88 valence electrons. The molecule has 6 heteroatoms. The fraction of sp³-hybridized carbons (Fsp3) is 0.600. The van der Waals surface area contributed by atoms with Gasteiger partial charge in [0.1, 0.15) is 0 Å². The van der Waals surface area contributed by atoms with Crippen LogP contribution in [0.15, 0.2) is 6.20 Å². The van der Waals surface area contributed by atoms with Crippen LogP contribution in [0, 0.1) is 5.92 Å². The predicted octanol–water partition coefficient (Wildman–Crippen LogP) is 0.919. The first-order valence-corrected chi connectivity index (χ1v) is 5.66. The third kappa shape index (κ3) is 1.92. The average molecular weight is 243 g/mol. The fourth-order valence-electron chi connectivity index (χ4n) is 2.14. The molecule has 2 heterocycles. The summed E-state index contributed by atoms with van der Waals surface area (Å²) >= 11 is 5.76. The van der Waals surface area contributed by atoms with Gasteiger partial charge in [0, 0.05) is 6.54 Å². The van der Waals surface area contributed by atoms with Crippen molar-refractivity contribution in [1.29, 1.82) is 0 Å². The molecule has 2 rings (SSSR count). The average Bonchev–Trinajstić information content (AvgIpc) is 2.63. The molecule has 1 aliphatic rings. The number of rotatable bonds is 2. The molecule has 0 amide bonds. The minimum absolute atomic E-state index is 0.0632. The van der Waals surface area contributed by atoms with E-state index in [9.17, 15) is 5.11 Å². The molecule has 3 N–H and O–H groups in total. The molecule has 0 spiro atoms. The van der Waals surface area contributed by atoms with Crippen LogP contribution in [0.4, 0.5) is 11.5 Å². The summed E-state index contributed by atoms with van der Waals surface area (Å²) in [6.07, 6.45) is 2.52. The number of aliphatic hydroxyl groups is 1. The largest absolute Gasteiger partial charge is 0.394 e. The molecule has 1 aromatic rings. The monoisotopic (exact) mass is 242 g/mol. The second-order valence-corrected chi connectivity index (χ2v) is 4.47. The Balaban J connectivity index is 2.33. The molecule has 0 saturated carbocycles. The Bertz CT molecular complexity index is 387. The van der Waals surface area contributed by atoms with Crippen LogP contribution in [0.2, 0.25) is 5.28 Å². The van der Waals surface area contributed by atoms with Gasteiger partial charge in [-0.2, -0.15) is 4.98 Å². The third-order valence-corrected chi connectivity index (χ3v) is 3.29. The molecular weight excluding hydrogens is 228 g/mol. The summed E-state index contributed by atoms with van der Waals surface area (Å²) in [5, 5.41) is 9.55. The van der Waals surface area contributed by atoms with Gasteiger partial charge in [0.2, 0.25) is 5.28 Å². The first-order valence-electron chi connectivity index (χ1n) is 5.29. The number of nitrogens with two attached hydrogens (primary N) is 1. The summed E-state index contributed by atoms with van der Waals surface area (Å²) in [7, 11) is 0. The highest BCUT2D eigenvalue weighted by atomic mass is 35.5. The van der Waals surface area contributed by atoms with Crippen molar-refractivity contribution in [2.45, 2.75) is 19.4 Å². The summed E-state index contributed by atoms with van der Waals surface area (Å²) in [5.41, 5.74) is 6.32. The Morgan fingerprint density at radius 2 is 2.44 bits per heavy atom. The van der Waals surface area contributed by atoms with E-state index in [0.717, 1.165) is 13.0 Å². The molecular formula is C10H15ClN4O. The summed E-state index contributed by atoms with van der Waals surface area (Å²) in [6, 6.07) is 0.0632. The lowest BCUT2D eigenvalue weighted by atomic mass is 10.0. The molecule has 16 heavy (non-hydrogen) atoms. The lowest BCUT2D eigenvalue weighted by Gasteiger charge is -2.26. The number of halogens is 1. The highest BCUT2D eigenvalue weighted by Crippen LogP contribution is 2.31. The molecule has 1 aromatic heterocycles. The SMILES string of the molecule is CC1CCN(c2nc(Cl)ncc2N)C1CO. The van der Waals surface area contributed by atoms with Gasteiger partial charge in [-0.05, 0) is 23.9 Å². The molecule has 1 aliphatic heterocycles. The van der Waals surface area contributed by atoms with Gasteiger partial charge in [0.05, 0.1) is 24.5 Å². The Hall–Kier alpha value is -1.07. The van der Waals surface area contributed by atoms with Crippen LogP contribution in [-0.2, 0) is 0 Å². The minimum atomic E-state index is 0.0632. The maximum atomic E-state index is 9.37. The topological polar surface area (TPSA) is 75.3 Å². The van der Waals surface area contributed by atoms with Gasteiger partial charge in [0.25, 0.3) is 0 Å². The van der Waals surface area contributed by atoms with Crippen LogP contribution in [0.3, 0.4) is 0 Å². The van der Waals surface area contributed by atoms with Crippen LogP contribution in [0.5, 0.6) is 0 Å². The summed E-state index contributed by atoms with van der Waals surface area (Å²) in [6.45, 7) is 3.05. The van der Waals surface area contributed by atoms with E-state index < -0.39 is 0 Å². The Morgan fingerprint density at radius 1 is 1.69 bits per heavy atom. The van der Waals surface area contributed by atoms with Crippen LogP contribution in [-0.4, -0.2) is 34.3 Å². The maximum Gasteiger partial charge on any atom is 0.224 e. The molecule has 0 bridgehead atoms. The van der Waals surface area contributed by atoms with E-state index in [-0.39, 0.29) is 17.9 Å². The van der Waals surface area contributed by atoms with E-state index in [2.05, 4.69) is 16.9 Å². The second kappa shape index (κ2) is 4.43. The zero-order valence-corrected chi connectivity index (χ0v) is 9.85. The van der Waals surface area contributed by atoms with Crippen molar-refractivity contribution < 1.29 is 5.11 Å². The van der Waals surface area contributed by atoms with E-state index in [1.54, 1.807) is 0 Å². The zero-order valence-electron chi connectivity index (χ0n) is 9.10. The van der Waals surface area contributed by atoms with E-state index in [4.69, 9.17) is 17.3 Å². The summed E-state index contributed by atoms with van der Waals surface area (Å²) in [5.74, 6) is 1.06. The van der Waals surface area contributed by atoms with Crippen molar-refractivity contribution >= 4 is 23.1 Å². The third-order valence-electron chi connectivity index (χ3n) is 3.11. The predicted molar refractivity (Wildman–Crippen MR) is 63.5 cm³/mol. The first-order chi connectivity index (χ1) is 7.63. The second-order valence-electron chi connectivity index (χ2n) is 4.13. The molecule has 0 radical (unpaired) electrons. The van der Waals surface area contributed by atoms with E-state index in [0.29, 0.717) is 17.4 Å². The maximum absolute atomic E-state index is 9.37. The van der Waals surface area contributed by atoms with Gasteiger partial charge in [-0.15, -0.1) is 0 Å². The Kier molecular flexibility index (Phi) is 3.16. The van der Waals surface area contributed by atoms with Gasteiger partial charge < -0.3 is 15.7 Å². The van der Waals surface area contributed by atoms with E-state index in [1.807, 2.05) is 4.90 Å². The van der Waals surface area contributed by atoms with Gasteiger partial charge in [0.15, 0.2) is 5.82 Å². The van der Waals surface area contributed by atoms with E-state index in [1.165, 1.54) is 6.20 Å². The lowest BCUT2D eigenvalue weighted by molar-refractivity contribution is 0.244. The minimum Gasteiger partial charge on any atom is -0.394 e. The highest BCUT2D eigenvalue weighted by Gasteiger charge is 2.32. The van der Waals surface area contributed by atoms with Gasteiger partial charge in [-0.25, -0.2) is 4.98 Å². The number of hydrogen-bond donors (Lipinski definition) is 2. The molecule has 5 nitrogen and oxygen atoms in total. The van der Waals surface area contributed by atoms with Crippen molar-refractivity contribution in [2.24, 2.45) is 5.92 Å². The summed E-state index contributed by atoms with van der Waals surface area (Å²) in [4.78, 5) is 9.96. The Morgan fingerprint density at radius 3 is 3.12 bits per heavy atom. The van der Waals surface area contributed by atoms with Gasteiger partial charge in [-0.3, -0.25) is 0 Å². The van der Waals surface area contributed by atoms with Crippen molar-refractivity contribution in [2.75, 3.05) is 23.8 Å². The van der Waals surface area contributed by atoms with Gasteiger partial charge in [-0.1, -0.05) is 6.92 Å². The number of nitrogens with zero attached hydrogens (tertiary/aromatic N) is 3. The number of anilines is 2. The molecule has 1 fully saturated rings. The fourth-order valence-corrected chi connectivity index (χ4v) is 2.27. The van der Waals surface area contributed by atoms with Gasteiger partial charge >= 0.3 is 0 Å². The van der Waals surface area contributed by atoms with Crippen LogP contribution in [0.1, 0.15) is 13.3 Å². The normalized spacial score (nSPS) is 25.1. The van der Waals surface area contributed by atoms with Crippen molar-refractivity contribution in [3.05, 3.63) is 11.5 Å². The highest BCUT2D eigenvalue weighted by molar-refractivity contribution is 6.28. The number of aromatic nitrogens is 2. The van der Waals surface area contributed by atoms with Crippen molar-refractivity contribution in [1.82, 2.24) is 9.97 Å². The molecule has 1 saturated heterocycles. The number of hydrogen-bond acceptors (Lipinski definition) is 5. The first kappa shape index (κ1) is 11.4.